The van der Waals surface area contributed by atoms with Crippen molar-refractivity contribution < 1.29 is 9.53 Å². The van der Waals surface area contributed by atoms with Crippen molar-refractivity contribution in [2.24, 2.45) is 30.2 Å². The Morgan fingerprint density at radius 2 is 2.09 bits per heavy atom. The second-order valence-corrected chi connectivity index (χ2v) is 9.96. The highest BCUT2D eigenvalue weighted by atomic mass is 16.5. The van der Waals surface area contributed by atoms with Gasteiger partial charge in [0.1, 0.15) is 5.56 Å². The summed E-state index contributed by atoms with van der Waals surface area (Å²) in [5, 5.41) is 9.07. The van der Waals surface area contributed by atoms with Crippen molar-refractivity contribution in [3.05, 3.63) is 70.3 Å². The SMILES string of the molecule is CCOC(=O)c1cnn(-c2cc(=O)n(C)c3ccccc23)c1CNC[C@H]1C[C@@H]2C=C[C@@H]1C21CC1. The molecule has 0 saturated heterocycles. The number of ether oxygens (including phenoxy) is 1. The zero-order valence-electron chi connectivity index (χ0n) is 19.7. The molecule has 0 radical (unpaired) electrons. The number of esters is 1. The van der Waals surface area contributed by atoms with Gasteiger partial charge in [0.2, 0.25) is 0 Å². The van der Waals surface area contributed by atoms with Crippen LogP contribution in [-0.2, 0) is 18.3 Å². The van der Waals surface area contributed by atoms with Crippen LogP contribution in [0.3, 0.4) is 0 Å². The van der Waals surface area contributed by atoms with Crippen molar-refractivity contribution >= 4 is 16.9 Å². The summed E-state index contributed by atoms with van der Waals surface area (Å²) in [4.78, 5) is 25.5. The standard InChI is InChI=1S/C27H30N4O3/c1-3-34-26(33)20-15-29-31(23-13-25(32)30(2)22-7-5-4-6-19(22)23)24(20)16-28-14-17-12-18-8-9-21(17)27(18)10-11-27/h4-9,13,15,17-18,21,28H,3,10-12,14,16H2,1-2H3/t17-,18+,21+/m1/s1. The van der Waals surface area contributed by atoms with E-state index in [9.17, 15) is 9.59 Å². The first-order chi connectivity index (χ1) is 16.5. The number of aryl methyl sites for hydroxylation is 1. The molecule has 176 valence electrons. The van der Waals surface area contributed by atoms with Crippen molar-refractivity contribution in [2.45, 2.75) is 32.7 Å². The molecule has 2 bridgehead atoms. The van der Waals surface area contributed by atoms with E-state index in [0.717, 1.165) is 29.1 Å². The van der Waals surface area contributed by atoms with E-state index in [1.807, 2.05) is 24.3 Å². The van der Waals surface area contributed by atoms with E-state index < -0.39 is 5.97 Å². The summed E-state index contributed by atoms with van der Waals surface area (Å²) in [6, 6.07) is 9.34. The molecule has 34 heavy (non-hydrogen) atoms. The lowest BCUT2D eigenvalue weighted by Gasteiger charge is -2.21. The van der Waals surface area contributed by atoms with Crippen LogP contribution in [0.2, 0.25) is 0 Å². The molecule has 7 nitrogen and oxygen atoms in total. The number of fused-ring (bicyclic) bond motifs is 1. The fourth-order valence-corrected chi connectivity index (χ4v) is 6.43. The minimum Gasteiger partial charge on any atom is -0.462 e. The van der Waals surface area contributed by atoms with E-state index >= 15 is 0 Å². The maximum Gasteiger partial charge on any atom is 0.341 e. The summed E-state index contributed by atoms with van der Waals surface area (Å²) in [7, 11) is 1.76. The molecule has 3 atom stereocenters. The van der Waals surface area contributed by atoms with Crippen LogP contribution in [-0.4, -0.2) is 33.5 Å². The molecule has 0 amide bonds. The molecule has 1 spiro atoms. The van der Waals surface area contributed by atoms with Crippen LogP contribution >= 0.6 is 0 Å². The topological polar surface area (TPSA) is 78.2 Å². The molecule has 2 fully saturated rings. The lowest BCUT2D eigenvalue weighted by Crippen LogP contribution is -2.28. The number of rotatable bonds is 7. The van der Waals surface area contributed by atoms with E-state index in [0.29, 0.717) is 41.7 Å². The van der Waals surface area contributed by atoms with E-state index in [4.69, 9.17) is 4.74 Å². The number of nitrogens with zero attached hydrogens (tertiary/aromatic N) is 3. The lowest BCUT2D eigenvalue weighted by molar-refractivity contribution is 0.0525. The van der Waals surface area contributed by atoms with Gasteiger partial charge in [0.25, 0.3) is 5.56 Å². The number of aromatic nitrogens is 3. The number of benzene rings is 1. The lowest BCUT2D eigenvalue weighted by atomic mass is 9.89. The average molecular weight is 459 g/mol. The summed E-state index contributed by atoms with van der Waals surface area (Å²) in [6.07, 6.45) is 10.4. The fraction of sp³-hybridized carbons (Fsp3) is 0.444. The van der Waals surface area contributed by atoms with Crippen molar-refractivity contribution in [3.63, 3.8) is 0 Å². The van der Waals surface area contributed by atoms with Gasteiger partial charge in [-0.2, -0.15) is 5.10 Å². The fourth-order valence-electron chi connectivity index (χ4n) is 6.43. The van der Waals surface area contributed by atoms with Gasteiger partial charge in [-0.15, -0.1) is 0 Å². The molecule has 0 aliphatic heterocycles. The maximum absolute atomic E-state index is 12.7. The molecule has 3 aromatic rings. The summed E-state index contributed by atoms with van der Waals surface area (Å²) in [5.74, 6) is 1.67. The number of pyridine rings is 1. The van der Waals surface area contributed by atoms with Crippen LogP contribution in [0.5, 0.6) is 0 Å². The monoisotopic (exact) mass is 458 g/mol. The number of carbonyl (C=O) groups is 1. The third kappa shape index (κ3) is 3.17. The first kappa shape index (κ1) is 21.4. The molecule has 0 unspecified atom stereocenters. The average Bonchev–Trinajstić information content (AvgIpc) is 3.32. The molecular weight excluding hydrogens is 428 g/mol. The van der Waals surface area contributed by atoms with E-state index in [2.05, 4.69) is 22.6 Å². The minimum absolute atomic E-state index is 0.121. The Morgan fingerprint density at radius 1 is 1.26 bits per heavy atom. The van der Waals surface area contributed by atoms with Crippen LogP contribution in [0.15, 0.2) is 53.5 Å². The second-order valence-electron chi connectivity index (χ2n) is 9.96. The molecule has 2 saturated carbocycles. The Labute approximate surface area is 198 Å². The molecular formula is C27H30N4O3. The van der Waals surface area contributed by atoms with Crippen LogP contribution in [0.1, 0.15) is 42.2 Å². The van der Waals surface area contributed by atoms with Gasteiger partial charge in [-0.3, -0.25) is 4.79 Å². The van der Waals surface area contributed by atoms with Crippen molar-refractivity contribution in [2.75, 3.05) is 13.2 Å². The highest BCUT2D eigenvalue weighted by molar-refractivity contribution is 5.92. The summed E-state index contributed by atoms with van der Waals surface area (Å²) >= 11 is 0. The van der Waals surface area contributed by atoms with E-state index in [-0.39, 0.29) is 5.56 Å². The zero-order valence-corrected chi connectivity index (χ0v) is 19.7. The quantitative estimate of drug-likeness (QED) is 0.432. The number of nitrogens with one attached hydrogen (secondary N) is 1. The van der Waals surface area contributed by atoms with Crippen molar-refractivity contribution in [1.82, 2.24) is 19.7 Å². The number of para-hydroxylation sites is 1. The van der Waals surface area contributed by atoms with Crippen molar-refractivity contribution in [3.8, 4) is 5.69 Å². The summed E-state index contributed by atoms with van der Waals surface area (Å²) < 4.78 is 8.66. The van der Waals surface area contributed by atoms with Gasteiger partial charge in [0, 0.05) is 25.0 Å². The number of hydrogen-bond donors (Lipinski definition) is 1. The van der Waals surface area contributed by atoms with Crippen molar-refractivity contribution in [1.29, 1.82) is 0 Å². The van der Waals surface area contributed by atoms with E-state index in [1.54, 1.807) is 35.5 Å². The molecule has 3 aliphatic carbocycles. The Morgan fingerprint density at radius 3 is 2.85 bits per heavy atom. The second kappa shape index (κ2) is 7.94. The first-order valence-electron chi connectivity index (χ1n) is 12.3. The largest absolute Gasteiger partial charge is 0.462 e. The Kier molecular flexibility index (Phi) is 4.99. The van der Waals surface area contributed by atoms with Gasteiger partial charge < -0.3 is 14.6 Å². The molecule has 3 aliphatic rings. The number of allylic oxidation sites excluding steroid dienone is 2. The van der Waals surface area contributed by atoms with Gasteiger partial charge in [-0.1, -0.05) is 30.4 Å². The Balaban J connectivity index is 1.33. The predicted molar refractivity (Wildman–Crippen MR) is 130 cm³/mol. The number of carbonyl (C=O) groups excluding carboxylic acids is 1. The van der Waals surface area contributed by atoms with Crippen LogP contribution in [0, 0.1) is 23.2 Å². The third-order valence-corrected chi connectivity index (χ3v) is 8.27. The third-order valence-electron chi connectivity index (χ3n) is 8.27. The molecule has 2 heterocycles. The zero-order chi connectivity index (χ0) is 23.4. The molecule has 1 N–H and O–H groups in total. The van der Waals surface area contributed by atoms with Gasteiger partial charge in [-0.25, -0.2) is 9.48 Å². The maximum atomic E-state index is 12.7. The van der Waals surface area contributed by atoms with Gasteiger partial charge >= 0.3 is 5.97 Å². The van der Waals surface area contributed by atoms with Crippen LogP contribution in [0.4, 0.5) is 0 Å². The molecule has 1 aromatic carbocycles. The smallest absolute Gasteiger partial charge is 0.341 e. The molecule has 2 aromatic heterocycles. The van der Waals surface area contributed by atoms with Gasteiger partial charge in [0.05, 0.1) is 29.7 Å². The normalized spacial score (nSPS) is 23.8. The minimum atomic E-state index is -0.390. The summed E-state index contributed by atoms with van der Waals surface area (Å²) in [5.41, 5.74) is 3.09. The molecule has 6 rings (SSSR count). The number of hydrogen-bond acceptors (Lipinski definition) is 5. The Bertz CT molecular complexity index is 1360. The van der Waals surface area contributed by atoms with Crippen LogP contribution in [0.25, 0.3) is 16.6 Å². The summed E-state index contributed by atoms with van der Waals surface area (Å²) in [6.45, 7) is 3.47. The van der Waals surface area contributed by atoms with Crippen LogP contribution < -0.4 is 10.9 Å². The van der Waals surface area contributed by atoms with Gasteiger partial charge in [0.15, 0.2) is 0 Å². The highest BCUT2D eigenvalue weighted by Gasteiger charge is 2.62. The van der Waals surface area contributed by atoms with E-state index in [1.165, 1.54) is 19.3 Å². The Hall–Kier alpha value is -3.19. The first-order valence-corrected chi connectivity index (χ1v) is 12.3. The highest BCUT2D eigenvalue weighted by Crippen LogP contribution is 2.69. The molecule has 7 heteroatoms. The van der Waals surface area contributed by atoms with Gasteiger partial charge in [-0.05, 0) is 62.0 Å². The predicted octanol–water partition coefficient (Wildman–Crippen LogP) is 3.59.